The molecule has 1 aromatic heterocycles. The summed E-state index contributed by atoms with van der Waals surface area (Å²) in [6.07, 6.45) is 4.28. The van der Waals surface area contributed by atoms with Crippen molar-refractivity contribution in [3.05, 3.63) is 48.3 Å². The summed E-state index contributed by atoms with van der Waals surface area (Å²) >= 11 is 0. The predicted molar refractivity (Wildman–Crippen MR) is 130 cm³/mol. The van der Waals surface area contributed by atoms with Gasteiger partial charge in [0.1, 0.15) is 11.2 Å². The van der Waals surface area contributed by atoms with Crippen LogP contribution in [0.3, 0.4) is 0 Å². The molecule has 0 bridgehead atoms. The Labute approximate surface area is 200 Å². The third kappa shape index (κ3) is 5.82. The summed E-state index contributed by atoms with van der Waals surface area (Å²) in [7, 11) is 1.68. The predicted octanol–water partition coefficient (Wildman–Crippen LogP) is 2.99. The van der Waals surface area contributed by atoms with Crippen molar-refractivity contribution in [2.24, 2.45) is 5.41 Å². The van der Waals surface area contributed by atoms with Crippen molar-refractivity contribution in [3.63, 3.8) is 0 Å². The molecule has 1 aliphatic rings. The van der Waals surface area contributed by atoms with Crippen LogP contribution in [-0.2, 0) is 20.8 Å². The molecule has 3 rings (SSSR count). The highest BCUT2D eigenvalue weighted by Gasteiger charge is 2.45. The normalized spacial score (nSPS) is 14.8. The van der Waals surface area contributed by atoms with Gasteiger partial charge in [0, 0.05) is 38.6 Å². The van der Waals surface area contributed by atoms with Crippen LogP contribution in [0.5, 0.6) is 5.75 Å². The summed E-state index contributed by atoms with van der Waals surface area (Å²) in [5.41, 5.74) is 1.05. The standard InChI is InChI=1S/C24H30N4O4.ClH/c1-5-28-19-10-9-18(15-20(19)27(4)22(30)24(2,3)23(28)31)32-13-7-12-26-21(29)14-17-8-6-11-25-16-17;/h6,8-11,15-16H,5,7,12-14H2,1-4H3,(H,26,29);1H. The first-order valence-corrected chi connectivity index (χ1v) is 10.8. The Morgan fingerprint density at radius 2 is 1.91 bits per heavy atom. The van der Waals surface area contributed by atoms with Gasteiger partial charge < -0.3 is 19.9 Å². The van der Waals surface area contributed by atoms with E-state index in [9.17, 15) is 14.4 Å². The molecular formula is C24H31ClN4O4. The van der Waals surface area contributed by atoms with Crippen LogP contribution in [0, 0.1) is 5.41 Å². The summed E-state index contributed by atoms with van der Waals surface area (Å²) in [5, 5.41) is 2.87. The van der Waals surface area contributed by atoms with Crippen LogP contribution in [0.2, 0.25) is 0 Å². The first kappa shape index (κ1) is 26.1. The van der Waals surface area contributed by atoms with E-state index in [4.69, 9.17) is 4.74 Å². The van der Waals surface area contributed by atoms with Crippen molar-refractivity contribution >= 4 is 41.5 Å². The molecule has 0 atom stereocenters. The van der Waals surface area contributed by atoms with Gasteiger partial charge in [-0.25, -0.2) is 0 Å². The maximum Gasteiger partial charge on any atom is 0.242 e. The lowest BCUT2D eigenvalue weighted by Crippen LogP contribution is -2.47. The maximum atomic E-state index is 12.9. The summed E-state index contributed by atoms with van der Waals surface area (Å²) in [5.74, 6) is 0.0721. The number of pyridine rings is 1. The van der Waals surface area contributed by atoms with E-state index in [-0.39, 0.29) is 30.1 Å². The Bertz CT molecular complexity index is 997. The Hall–Kier alpha value is -3.13. The van der Waals surface area contributed by atoms with E-state index in [0.29, 0.717) is 49.7 Å². The molecule has 1 aromatic carbocycles. The number of fused-ring (bicyclic) bond motifs is 1. The number of carbonyl (C=O) groups excluding carboxylic acids is 3. The van der Waals surface area contributed by atoms with Crippen molar-refractivity contribution in [1.82, 2.24) is 10.3 Å². The number of nitrogens with one attached hydrogen (secondary N) is 1. The van der Waals surface area contributed by atoms with Gasteiger partial charge in [-0.2, -0.15) is 0 Å². The van der Waals surface area contributed by atoms with Gasteiger partial charge in [-0.05, 0) is 51.0 Å². The molecule has 0 spiro atoms. The zero-order valence-corrected chi connectivity index (χ0v) is 20.3. The van der Waals surface area contributed by atoms with Crippen LogP contribution >= 0.6 is 12.4 Å². The number of benzene rings is 1. The number of amides is 3. The van der Waals surface area contributed by atoms with Gasteiger partial charge in [0.25, 0.3) is 0 Å². The van der Waals surface area contributed by atoms with Crippen LogP contribution in [0.25, 0.3) is 0 Å². The molecule has 0 unspecified atom stereocenters. The smallest absolute Gasteiger partial charge is 0.242 e. The van der Waals surface area contributed by atoms with E-state index in [1.807, 2.05) is 19.1 Å². The minimum absolute atomic E-state index is 0. The quantitative estimate of drug-likeness (QED) is 0.469. The highest BCUT2D eigenvalue weighted by Crippen LogP contribution is 2.40. The molecule has 1 aliphatic heterocycles. The number of rotatable bonds is 8. The average molecular weight is 475 g/mol. The minimum Gasteiger partial charge on any atom is -0.493 e. The van der Waals surface area contributed by atoms with Crippen LogP contribution < -0.4 is 19.9 Å². The van der Waals surface area contributed by atoms with Gasteiger partial charge in [-0.15, -0.1) is 12.4 Å². The number of hydrogen-bond donors (Lipinski definition) is 1. The molecular weight excluding hydrogens is 444 g/mol. The van der Waals surface area contributed by atoms with E-state index < -0.39 is 5.41 Å². The Balaban J connectivity index is 0.00000385. The van der Waals surface area contributed by atoms with E-state index in [1.165, 1.54) is 4.90 Å². The molecule has 9 heteroatoms. The number of hydrogen-bond acceptors (Lipinski definition) is 5. The number of carbonyl (C=O) groups is 3. The molecule has 0 saturated carbocycles. The third-order valence-electron chi connectivity index (χ3n) is 5.53. The molecule has 0 fully saturated rings. The van der Waals surface area contributed by atoms with Gasteiger partial charge in [0.05, 0.1) is 24.4 Å². The second-order valence-corrected chi connectivity index (χ2v) is 8.28. The molecule has 33 heavy (non-hydrogen) atoms. The van der Waals surface area contributed by atoms with E-state index >= 15 is 0 Å². The molecule has 0 aliphatic carbocycles. The summed E-state index contributed by atoms with van der Waals surface area (Å²) in [4.78, 5) is 45.0. The largest absolute Gasteiger partial charge is 0.493 e. The monoisotopic (exact) mass is 474 g/mol. The summed E-state index contributed by atoms with van der Waals surface area (Å²) in [6, 6.07) is 9.06. The van der Waals surface area contributed by atoms with Crippen LogP contribution in [0.15, 0.2) is 42.7 Å². The molecule has 2 heterocycles. The first-order valence-electron chi connectivity index (χ1n) is 10.8. The Morgan fingerprint density at radius 3 is 2.58 bits per heavy atom. The van der Waals surface area contributed by atoms with E-state index in [0.717, 1.165) is 5.56 Å². The molecule has 0 saturated heterocycles. The maximum absolute atomic E-state index is 12.9. The fourth-order valence-electron chi connectivity index (χ4n) is 3.71. The SMILES string of the molecule is CCN1C(=O)C(C)(C)C(=O)N(C)c2cc(OCCCNC(=O)Cc3cccnc3)ccc21.Cl. The zero-order chi connectivity index (χ0) is 23.3. The first-order chi connectivity index (χ1) is 15.3. The topological polar surface area (TPSA) is 91.8 Å². The van der Waals surface area contributed by atoms with Crippen molar-refractivity contribution in [2.75, 3.05) is 36.5 Å². The number of halogens is 1. The Morgan fingerprint density at radius 1 is 1.15 bits per heavy atom. The lowest BCUT2D eigenvalue weighted by atomic mass is 9.90. The molecule has 3 amide bonds. The summed E-state index contributed by atoms with van der Waals surface area (Å²) in [6.45, 7) is 6.57. The zero-order valence-electron chi connectivity index (χ0n) is 19.5. The second kappa shape index (κ2) is 11.1. The van der Waals surface area contributed by atoms with Gasteiger partial charge in [0.15, 0.2) is 0 Å². The lowest BCUT2D eigenvalue weighted by molar-refractivity contribution is -0.137. The molecule has 8 nitrogen and oxygen atoms in total. The van der Waals surface area contributed by atoms with Crippen LogP contribution in [0.4, 0.5) is 11.4 Å². The van der Waals surface area contributed by atoms with Gasteiger partial charge in [-0.3, -0.25) is 19.4 Å². The van der Waals surface area contributed by atoms with E-state index in [1.54, 1.807) is 56.4 Å². The molecule has 2 aromatic rings. The Kier molecular flexibility index (Phi) is 8.82. The van der Waals surface area contributed by atoms with Gasteiger partial charge in [0.2, 0.25) is 17.7 Å². The second-order valence-electron chi connectivity index (χ2n) is 8.28. The van der Waals surface area contributed by atoms with Crippen molar-refractivity contribution in [2.45, 2.75) is 33.6 Å². The molecule has 0 radical (unpaired) electrons. The minimum atomic E-state index is -1.14. The molecule has 1 N–H and O–H groups in total. The average Bonchev–Trinajstić information content (AvgIpc) is 2.83. The number of anilines is 2. The molecule has 178 valence electrons. The van der Waals surface area contributed by atoms with Crippen LogP contribution in [-0.4, -0.2) is 49.4 Å². The van der Waals surface area contributed by atoms with Crippen molar-refractivity contribution in [1.29, 1.82) is 0 Å². The lowest BCUT2D eigenvalue weighted by Gasteiger charge is -2.27. The number of aromatic nitrogens is 1. The van der Waals surface area contributed by atoms with Crippen molar-refractivity contribution in [3.8, 4) is 5.75 Å². The van der Waals surface area contributed by atoms with Gasteiger partial charge in [-0.1, -0.05) is 6.07 Å². The highest BCUT2D eigenvalue weighted by molar-refractivity contribution is 6.20. The van der Waals surface area contributed by atoms with Crippen LogP contribution in [0.1, 0.15) is 32.8 Å². The van der Waals surface area contributed by atoms with Gasteiger partial charge >= 0.3 is 0 Å². The number of nitrogens with zero attached hydrogens (tertiary/aromatic N) is 3. The fourth-order valence-corrected chi connectivity index (χ4v) is 3.71. The van der Waals surface area contributed by atoms with Crippen molar-refractivity contribution < 1.29 is 19.1 Å². The number of ether oxygens (including phenoxy) is 1. The third-order valence-corrected chi connectivity index (χ3v) is 5.53. The summed E-state index contributed by atoms with van der Waals surface area (Å²) < 4.78 is 5.84. The van der Waals surface area contributed by atoms with E-state index in [2.05, 4.69) is 10.3 Å². The highest BCUT2D eigenvalue weighted by atomic mass is 35.5. The fraction of sp³-hybridized carbons (Fsp3) is 0.417.